The molecule has 0 atom stereocenters. The summed E-state index contributed by atoms with van der Waals surface area (Å²) in [7, 11) is 1.27. The van der Waals surface area contributed by atoms with Gasteiger partial charge in [-0.15, -0.1) is 0 Å². The Bertz CT molecular complexity index is 650. The summed E-state index contributed by atoms with van der Waals surface area (Å²) in [4.78, 5) is 9.30. The van der Waals surface area contributed by atoms with E-state index in [0.29, 0.717) is 19.5 Å². The molecule has 0 saturated carbocycles. The minimum Gasteiger partial charge on any atom is -0.481 e. The Morgan fingerprint density at radius 1 is 1.12 bits per heavy atom. The molecule has 0 aliphatic carbocycles. The Kier molecular flexibility index (Phi) is 5.97. The summed E-state index contributed by atoms with van der Waals surface area (Å²) >= 11 is 0. The zero-order valence-corrected chi connectivity index (χ0v) is 13.3. The molecule has 1 aromatic heterocycles. The van der Waals surface area contributed by atoms with Gasteiger partial charge in [0.05, 0.1) is 7.11 Å². The molecule has 24 heavy (non-hydrogen) atoms. The van der Waals surface area contributed by atoms with E-state index < -0.39 is 11.9 Å². The van der Waals surface area contributed by atoms with Gasteiger partial charge in [-0.05, 0) is 12.0 Å². The van der Waals surface area contributed by atoms with Crippen LogP contribution in [0.15, 0.2) is 36.4 Å². The number of hydrogen-bond acceptors (Lipinski definition) is 5. The minimum absolute atomic E-state index is 0.0388. The van der Waals surface area contributed by atoms with Crippen molar-refractivity contribution < 1.29 is 17.9 Å². The van der Waals surface area contributed by atoms with Gasteiger partial charge in [-0.2, -0.15) is 18.2 Å². The van der Waals surface area contributed by atoms with E-state index in [1.807, 2.05) is 30.3 Å². The van der Waals surface area contributed by atoms with E-state index in [2.05, 4.69) is 9.97 Å². The van der Waals surface area contributed by atoms with E-state index in [-0.39, 0.29) is 18.4 Å². The average Bonchev–Trinajstić information content (AvgIpc) is 2.58. The lowest BCUT2D eigenvalue weighted by Crippen LogP contribution is -2.33. The molecule has 0 spiro atoms. The number of methoxy groups -OCH3 is 1. The van der Waals surface area contributed by atoms with Crippen LogP contribution in [0.3, 0.4) is 0 Å². The molecule has 0 saturated heterocycles. The number of aromatic nitrogens is 2. The number of anilines is 1. The standard InChI is InChI=1S/C16H19F3N4O/c1-24-14-11-13(16(17,18)19)21-15(22-14)23(10-8-20)9-7-12-5-3-2-4-6-12/h2-6,11H,7-10,20H2,1H3. The van der Waals surface area contributed by atoms with Crippen molar-refractivity contribution in [1.29, 1.82) is 0 Å². The second-order valence-electron chi connectivity index (χ2n) is 5.10. The lowest BCUT2D eigenvalue weighted by molar-refractivity contribution is -0.141. The topological polar surface area (TPSA) is 64.3 Å². The maximum Gasteiger partial charge on any atom is 0.433 e. The second kappa shape index (κ2) is 7.96. The maximum absolute atomic E-state index is 13.0. The van der Waals surface area contributed by atoms with E-state index in [9.17, 15) is 13.2 Å². The molecule has 2 rings (SSSR count). The fourth-order valence-electron chi connectivity index (χ4n) is 2.18. The van der Waals surface area contributed by atoms with Crippen LogP contribution in [0.1, 0.15) is 11.3 Å². The van der Waals surface area contributed by atoms with Crippen LogP contribution in [0.2, 0.25) is 0 Å². The third-order valence-corrected chi connectivity index (χ3v) is 3.39. The number of nitrogens with zero attached hydrogens (tertiary/aromatic N) is 3. The van der Waals surface area contributed by atoms with Crippen LogP contribution in [-0.4, -0.2) is 36.7 Å². The van der Waals surface area contributed by atoms with Crippen LogP contribution in [0.4, 0.5) is 19.1 Å². The van der Waals surface area contributed by atoms with Gasteiger partial charge < -0.3 is 15.4 Å². The van der Waals surface area contributed by atoms with Crippen molar-refractivity contribution in [3.8, 4) is 5.88 Å². The van der Waals surface area contributed by atoms with Crippen molar-refractivity contribution >= 4 is 5.95 Å². The largest absolute Gasteiger partial charge is 0.481 e. The smallest absolute Gasteiger partial charge is 0.433 e. The Morgan fingerprint density at radius 2 is 1.83 bits per heavy atom. The van der Waals surface area contributed by atoms with Crippen molar-refractivity contribution in [3.05, 3.63) is 47.7 Å². The van der Waals surface area contributed by atoms with Gasteiger partial charge in [0.25, 0.3) is 0 Å². The molecule has 2 N–H and O–H groups in total. The van der Waals surface area contributed by atoms with E-state index >= 15 is 0 Å². The van der Waals surface area contributed by atoms with Gasteiger partial charge in [0.2, 0.25) is 11.8 Å². The summed E-state index contributed by atoms with van der Waals surface area (Å²) in [6.45, 7) is 1.07. The fraction of sp³-hybridized carbons (Fsp3) is 0.375. The van der Waals surface area contributed by atoms with Crippen molar-refractivity contribution in [2.24, 2.45) is 5.73 Å². The highest BCUT2D eigenvalue weighted by molar-refractivity contribution is 5.36. The third-order valence-electron chi connectivity index (χ3n) is 3.39. The molecule has 0 amide bonds. The Morgan fingerprint density at radius 3 is 2.42 bits per heavy atom. The van der Waals surface area contributed by atoms with Gasteiger partial charge in [0, 0.05) is 25.7 Å². The molecule has 0 fully saturated rings. The predicted octanol–water partition coefficient (Wildman–Crippen LogP) is 2.51. The van der Waals surface area contributed by atoms with E-state index in [1.165, 1.54) is 7.11 Å². The average molecular weight is 340 g/mol. The van der Waals surface area contributed by atoms with Gasteiger partial charge in [-0.3, -0.25) is 0 Å². The summed E-state index contributed by atoms with van der Waals surface area (Å²) in [6.07, 6.45) is -3.93. The van der Waals surface area contributed by atoms with Crippen molar-refractivity contribution in [2.75, 3.05) is 31.6 Å². The molecule has 0 unspecified atom stereocenters. The Labute approximate surface area is 138 Å². The van der Waals surface area contributed by atoms with Gasteiger partial charge in [-0.1, -0.05) is 30.3 Å². The van der Waals surface area contributed by atoms with Crippen molar-refractivity contribution in [3.63, 3.8) is 0 Å². The fourth-order valence-corrected chi connectivity index (χ4v) is 2.18. The summed E-state index contributed by atoms with van der Waals surface area (Å²) < 4.78 is 43.9. The van der Waals surface area contributed by atoms with Gasteiger partial charge >= 0.3 is 6.18 Å². The van der Waals surface area contributed by atoms with E-state index in [0.717, 1.165) is 11.6 Å². The SMILES string of the molecule is COc1cc(C(F)(F)F)nc(N(CCN)CCc2ccccc2)n1. The number of hydrogen-bond donors (Lipinski definition) is 1. The highest BCUT2D eigenvalue weighted by Gasteiger charge is 2.34. The molecule has 1 aromatic carbocycles. The number of rotatable bonds is 7. The summed E-state index contributed by atoms with van der Waals surface area (Å²) in [5, 5.41) is 0. The van der Waals surface area contributed by atoms with Crippen molar-refractivity contribution in [2.45, 2.75) is 12.6 Å². The molecule has 2 aromatic rings. The molecule has 5 nitrogen and oxygen atoms in total. The van der Waals surface area contributed by atoms with Crippen LogP contribution in [0.25, 0.3) is 0 Å². The first-order valence-electron chi connectivity index (χ1n) is 7.43. The summed E-state index contributed by atoms with van der Waals surface area (Å²) in [5.41, 5.74) is 5.61. The zero-order valence-electron chi connectivity index (χ0n) is 13.3. The van der Waals surface area contributed by atoms with E-state index in [1.54, 1.807) is 4.90 Å². The first-order chi connectivity index (χ1) is 11.4. The van der Waals surface area contributed by atoms with Gasteiger partial charge in [0.1, 0.15) is 0 Å². The molecule has 0 bridgehead atoms. The number of alkyl halides is 3. The lowest BCUT2D eigenvalue weighted by atomic mass is 10.1. The van der Waals surface area contributed by atoms with Gasteiger partial charge in [0.15, 0.2) is 5.69 Å². The van der Waals surface area contributed by atoms with Crippen molar-refractivity contribution in [1.82, 2.24) is 9.97 Å². The van der Waals surface area contributed by atoms with Crippen LogP contribution >= 0.6 is 0 Å². The molecule has 8 heteroatoms. The summed E-state index contributed by atoms with van der Waals surface area (Å²) in [6, 6.07) is 10.4. The number of halogens is 3. The maximum atomic E-state index is 13.0. The summed E-state index contributed by atoms with van der Waals surface area (Å²) in [5.74, 6) is -0.169. The highest BCUT2D eigenvalue weighted by Crippen LogP contribution is 2.30. The first-order valence-corrected chi connectivity index (χ1v) is 7.43. The molecule has 1 heterocycles. The van der Waals surface area contributed by atoms with Gasteiger partial charge in [-0.25, -0.2) is 4.98 Å². The lowest BCUT2D eigenvalue weighted by Gasteiger charge is -2.23. The number of ether oxygens (including phenoxy) is 1. The zero-order chi connectivity index (χ0) is 17.6. The molecular weight excluding hydrogens is 321 g/mol. The number of benzene rings is 1. The molecule has 0 aliphatic rings. The third kappa shape index (κ3) is 4.82. The first kappa shape index (κ1) is 18.0. The monoisotopic (exact) mass is 340 g/mol. The van der Waals surface area contributed by atoms with Crippen LogP contribution in [0, 0.1) is 0 Å². The predicted molar refractivity (Wildman–Crippen MR) is 85.0 cm³/mol. The second-order valence-corrected chi connectivity index (χ2v) is 5.10. The Balaban J connectivity index is 2.25. The molecule has 130 valence electrons. The molecule has 0 aliphatic heterocycles. The molecule has 0 radical (unpaired) electrons. The Hall–Kier alpha value is -2.35. The normalized spacial score (nSPS) is 11.4. The number of nitrogens with two attached hydrogens (primary N) is 1. The quantitative estimate of drug-likeness (QED) is 0.839. The minimum atomic E-state index is -4.57. The van der Waals surface area contributed by atoms with Crippen LogP contribution < -0.4 is 15.4 Å². The highest BCUT2D eigenvalue weighted by atomic mass is 19.4. The van der Waals surface area contributed by atoms with Crippen LogP contribution in [-0.2, 0) is 12.6 Å². The molecular formula is C16H19F3N4O. The van der Waals surface area contributed by atoms with E-state index in [4.69, 9.17) is 10.5 Å². The van der Waals surface area contributed by atoms with Crippen LogP contribution in [0.5, 0.6) is 5.88 Å².